The van der Waals surface area contributed by atoms with E-state index >= 15 is 0 Å². The monoisotopic (exact) mass is 404 g/mol. The molecule has 0 spiro atoms. The van der Waals surface area contributed by atoms with Crippen LogP contribution in [0.3, 0.4) is 0 Å². The standard InChI is InChI=1S/C18H14Cl2N4O3/c1-10-6-15(24(23-10)16-14(20)8-13(19)9-21-16)22-17(25)11-4-3-5-12(7-11)18(26)27-2/h3-9H,1-2H3,(H,22,25). The van der Waals surface area contributed by atoms with E-state index in [1.165, 1.54) is 30.1 Å². The molecule has 0 saturated heterocycles. The molecular weight excluding hydrogens is 391 g/mol. The molecule has 0 radical (unpaired) electrons. The number of rotatable bonds is 4. The number of pyridine rings is 1. The van der Waals surface area contributed by atoms with Gasteiger partial charge in [-0.05, 0) is 31.2 Å². The summed E-state index contributed by atoms with van der Waals surface area (Å²) in [5.41, 5.74) is 1.22. The van der Waals surface area contributed by atoms with Crippen LogP contribution < -0.4 is 5.32 Å². The van der Waals surface area contributed by atoms with Gasteiger partial charge in [-0.1, -0.05) is 29.3 Å². The Kier molecular flexibility index (Phi) is 5.43. The van der Waals surface area contributed by atoms with Crippen molar-refractivity contribution in [3.05, 3.63) is 69.5 Å². The summed E-state index contributed by atoms with van der Waals surface area (Å²) in [6, 6.07) is 9.41. The molecule has 3 aromatic rings. The van der Waals surface area contributed by atoms with E-state index in [2.05, 4.69) is 20.1 Å². The van der Waals surface area contributed by atoms with Gasteiger partial charge in [0.15, 0.2) is 5.82 Å². The number of esters is 1. The number of methoxy groups -OCH3 is 1. The number of carbonyl (C=O) groups excluding carboxylic acids is 2. The minimum atomic E-state index is -0.525. The summed E-state index contributed by atoms with van der Waals surface area (Å²) in [6.07, 6.45) is 1.44. The molecule has 0 aliphatic carbocycles. The summed E-state index contributed by atoms with van der Waals surface area (Å²) in [7, 11) is 1.28. The molecule has 0 bridgehead atoms. The van der Waals surface area contributed by atoms with Crippen LogP contribution in [0.5, 0.6) is 0 Å². The second kappa shape index (κ2) is 7.77. The highest BCUT2D eigenvalue weighted by atomic mass is 35.5. The van der Waals surface area contributed by atoms with Crippen molar-refractivity contribution in [3.63, 3.8) is 0 Å². The third-order valence-corrected chi connectivity index (χ3v) is 4.09. The molecule has 1 aromatic carbocycles. The summed E-state index contributed by atoms with van der Waals surface area (Å²) in [6.45, 7) is 1.77. The minimum absolute atomic E-state index is 0.275. The molecule has 0 aliphatic rings. The van der Waals surface area contributed by atoms with Gasteiger partial charge in [0.05, 0.1) is 28.4 Å². The fourth-order valence-electron chi connectivity index (χ4n) is 2.41. The molecule has 0 fully saturated rings. The third-order valence-electron chi connectivity index (χ3n) is 3.61. The number of halogens is 2. The average Bonchev–Trinajstić information content (AvgIpc) is 3.01. The van der Waals surface area contributed by atoms with Gasteiger partial charge in [-0.3, -0.25) is 4.79 Å². The molecule has 2 aromatic heterocycles. The Bertz CT molecular complexity index is 1030. The number of nitrogens with one attached hydrogen (secondary N) is 1. The van der Waals surface area contributed by atoms with Crippen molar-refractivity contribution in [1.29, 1.82) is 0 Å². The zero-order valence-corrected chi connectivity index (χ0v) is 15.9. The molecule has 0 atom stereocenters. The number of benzene rings is 1. The largest absolute Gasteiger partial charge is 0.465 e. The number of hydrogen-bond donors (Lipinski definition) is 1. The van der Waals surface area contributed by atoms with Crippen LogP contribution in [0.15, 0.2) is 42.6 Å². The predicted molar refractivity (Wildman–Crippen MR) is 102 cm³/mol. The highest BCUT2D eigenvalue weighted by molar-refractivity contribution is 6.35. The number of hydrogen-bond acceptors (Lipinski definition) is 5. The fourth-order valence-corrected chi connectivity index (χ4v) is 2.87. The summed E-state index contributed by atoms with van der Waals surface area (Å²) < 4.78 is 6.09. The summed E-state index contributed by atoms with van der Waals surface area (Å²) in [4.78, 5) is 28.5. The molecular formula is C18H14Cl2N4O3. The number of aryl methyl sites for hydroxylation is 1. The maximum Gasteiger partial charge on any atom is 0.337 e. The zero-order chi connectivity index (χ0) is 19.6. The molecule has 3 rings (SSSR count). The fraction of sp³-hybridized carbons (Fsp3) is 0.111. The Morgan fingerprint density at radius 2 is 1.89 bits per heavy atom. The summed E-state index contributed by atoms with van der Waals surface area (Å²) in [5, 5.41) is 7.74. The van der Waals surface area contributed by atoms with Gasteiger partial charge < -0.3 is 10.1 Å². The smallest absolute Gasteiger partial charge is 0.337 e. The number of amides is 1. The molecule has 0 saturated carbocycles. The van der Waals surface area contributed by atoms with E-state index < -0.39 is 11.9 Å². The molecule has 1 amide bonds. The Morgan fingerprint density at radius 3 is 2.59 bits per heavy atom. The van der Waals surface area contributed by atoms with Crippen LogP contribution in [-0.4, -0.2) is 33.8 Å². The van der Waals surface area contributed by atoms with Gasteiger partial charge in [0.2, 0.25) is 0 Å². The molecule has 0 aliphatic heterocycles. The Hall–Kier alpha value is -2.90. The lowest BCUT2D eigenvalue weighted by Crippen LogP contribution is -2.16. The van der Waals surface area contributed by atoms with Crippen LogP contribution in [0.4, 0.5) is 5.82 Å². The van der Waals surface area contributed by atoms with Crippen LogP contribution >= 0.6 is 23.2 Å². The van der Waals surface area contributed by atoms with E-state index in [9.17, 15) is 9.59 Å². The van der Waals surface area contributed by atoms with Crippen molar-refractivity contribution >= 4 is 40.9 Å². The predicted octanol–water partition coefficient (Wildman–Crippen LogP) is 3.92. The molecule has 27 heavy (non-hydrogen) atoms. The Labute approximate surface area is 164 Å². The van der Waals surface area contributed by atoms with E-state index in [1.807, 2.05) is 0 Å². The first-order chi connectivity index (χ1) is 12.9. The lowest BCUT2D eigenvalue weighted by atomic mass is 10.1. The van der Waals surface area contributed by atoms with E-state index in [0.29, 0.717) is 27.9 Å². The van der Waals surface area contributed by atoms with Gasteiger partial charge in [-0.25, -0.2) is 9.78 Å². The van der Waals surface area contributed by atoms with Crippen molar-refractivity contribution in [2.45, 2.75) is 6.92 Å². The van der Waals surface area contributed by atoms with Crippen molar-refractivity contribution in [2.24, 2.45) is 0 Å². The lowest BCUT2D eigenvalue weighted by Gasteiger charge is -2.10. The molecule has 7 nitrogen and oxygen atoms in total. The maximum atomic E-state index is 12.6. The molecule has 1 N–H and O–H groups in total. The minimum Gasteiger partial charge on any atom is -0.465 e. The normalized spacial score (nSPS) is 10.5. The summed E-state index contributed by atoms with van der Waals surface area (Å²) in [5.74, 6) is -0.250. The number of ether oxygens (including phenoxy) is 1. The second-order valence-corrected chi connectivity index (χ2v) is 6.41. The molecule has 138 valence electrons. The number of aromatic nitrogens is 3. The van der Waals surface area contributed by atoms with E-state index in [4.69, 9.17) is 23.2 Å². The zero-order valence-electron chi connectivity index (χ0n) is 14.4. The quantitative estimate of drug-likeness (QED) is 0.665. The van der Waals surface area contributed by atoms with Gasteiger partial charge in [-0.15, -0.1) is 0 Å². The Balaban J connectivity index is 1.93. The van der Waals surface area contributed by atoms with Crippen LogP contribution in [-0.2, 0) is 4.74 Å². The topological polar surface area (TPSA) is 86.1 Å². The highest BCUT2D eigenvalue weighted by Gasteiger charge is 2.16. The van der Waals surface area contributed by atoms with Gasteiger partial charge >= 0.3 is 5.97 Å². The van der Waals surface area contributed by atoms with Gasteiger partial charge in [0.1, 0.15) is 5.82 Å². The van der Waals surface area contributed by atoms with E-state index in [-0.39, 0.29) is 10.6 Å². The number of carbonyl (C=O) groups is 2. The third kappa shape index (κ3) is 4.10. The van der Waals surface area contributed by atoms with E-state index in [0.717, 1.165) is 0 Å². The molecule has 0 unspecified atom stereocenters. The van der Waals surface area contributed by atoms with Crippen LogP contribution in [0, 0.1) is 6.92 Å². The van der Waals surface area contributed by atoms with Gasteiger partial charge in [-0.2, -0.15) is 9.78 Å². The van der Waals surface area contributed by atoms with Crippen LogP contribution in [0.25, 0.3) is 5.82 Å². The highest BCUT2D eigenvalue weighted by Crippen LogP contribution is 2.25. The summed E-state index contributed by atoms with van der Waals surface area (Å²) >= 11 is 12.1. The first kappa shape index (κ1) is 18.9. The van der Waals surface area contributed by atoms with Crippen molar-refractivity contribution < 1.29 is 14.3 Å². The van der Waals surface area contributed by atoms with Crippen molar-refractivity contribution in [2.75, 3.05) is 12.4 Å². The first-order valence-corrected chi connectivity index (χ1v) is 8.52. The molecule has 2 heterocycles. The average molecular weight is 405 g/mol. The van der Waals surface area contributed by atoms with Gasteiger partial charge in [0.25, 0.3) is 5.91 Å². The van der Waals surface area contributed by atoms with E-state index in [1.54, 1.807) is 31.2 Å². The maximum absolute atomic E-state index is 12.6. The SMILES string of the molecule is COC(=O)c1cccc(C(=O)Nc2cc(C)nn2-c2ncc(Cl)cc2Cl)c1. The number of anilines is 1. The van der Waals surface area contributed by atoms with Crippen molar-refractivity contribution in [1.82, 2.24) is 14.8 Å². The lowest BCUT2D eigenvalue weighted by molar-refractivity contribution is 0.0600. The van der Waals surface area contributed by atoms with Crippen molar-refractivity contribution in [3.8, 4) is 5.82 Å². The van der Waals surface area contributed by atoms with Crippen LogP contribution in [0.2, 0.25) is 10.0 Å². The second-order valence-electron chi connectivity index (χ2n) is 5.57. The Morgan fingerprint density at radius 1 is 1.15 bits per heavy atom. The van der Waals surface area contributed by atoms with Crippen LogP contribution in [0.1, 0.15) is 26.4 Å². The van der Waals surface area contributed by atoms with Gasteiger partial charge in [0, 0.05) is 17.8 Å². The first-order valence-electron chi connectivity index (χ1n) is 7.77. The number of nitrogens with zero attached hydrogens (tertiary/aromatic N) is 3. The molecule has 9 heteroatoms.